The van der Waals surface area contributed by atoms with Crippen molar-refractivity contribution in [2.75, 3.05) is 36.4 Å². The first-order valence-electron chi connectivity index (χ1n) is 6.93. The summed E-state index contributed by atoms with van der Waals surface area (Å²) >= 11 is 0. The van der Waals surface area contributed by atoms with Crippen LogP contribution in [0.5, 0.6) is 0 Å². The Hall–Kier alpha value is -2.11. The number of carbonyl (C=O) groups excluding carboxylic acids is 2. The second-order valence-electron chi connectivity index (χ2n) is 4.83. The lowest BCUT2D eigenvalue weighted by Crippen LogP contribution is -2.45. The number of nitrogens with one attached hydrogen (secondary N) is 1. The lowest BCUT2D eigenvalue weighted by molar-refractivity contribution is -0.118. The van der Waals surface area contributed by atoms with Gasteiger partial charge in [-0.2, -0.15) is 0 Å². The van der Waals surface area contributed by atoms with Crippen molar-refractivity contribution in [3.8, 4) is 0 Å². The standard InChI is InChI=1S/C14H20N4O2/c1-2-3-14(20)16-13-5-4-12(10-15-13)18-8-6-17(11-19)7-9-18/h4-5,10-11H,2-3,6-9H2,1H3,(H,15,16,20). The van der Waals surface area contributed by atoms with E-state index in [1.165, 1.54) is 0 Å². The summed E-state index contributed by atoms with van der Waals surface area (Å²) in [6, 6.07) is 3.76. The van der Waals surface area contributed by atoms with E-state index in [1.54, 1.807) is 11.1 Å². The van der Waals surface area contributed by atoms with Crippen LogP contribution in [-0.2, 0) is 9.59 Å². The summed E-state index contributed by atoms with van der Waals surface area (Å²) in [5, 5.41) is 2.77. The van der Waals surface area contributed by atoms with Crippen LogP contribution >= 0.6 is 0 Å². The molecule has 108 valence electrons. The SMILES string of the molecule is CCCC(=O)Nc1ccc(N2CCN(C=O)CC2)cn1. The molecule has 1 fully saturated rings. The molecule has 1 aliphatic rings. The van der Waals surface area contributed by atoms with Gasteiger partial charge in [-0.05, 0) is 18.6 Å². The number of amides is 2. The molecule has 0 aliphatic carbocycles. The normalized spacial score (nSPS) is 15.1. The number of anilines is 2. The molecule has 0 bridgehead atoms. The number of carbonyl (C=O) groups is 2. The molecule has 2 rings (SSSR count). The van der Waals surface area contributed by atoms with Crippen molar-refractivity contribution >= 4 is 23.8 Å². The molecule has 0 aromatic carbocycles. The Bertz CT molecular complexity index is 453. The number of hydrogen-bond donors (Lipinski definition) is 1. The molecule has 1 aromatic heterocycles. The van der Waals surface area contributed by atoms with Gasteiger partial charge in [-0.15, -0.1) is 0 Å². The first-order chi connectivity index (χ1) is 9.72. The predicted molar refractivity (Wildman–Crippen MR) is 77.6 cm³/mol. The van der Waals surface area contributed by atoms with Crippen molar-refractivity contribution in [2.45, 2.75) is 19.8 Å². The van der Waals surface area contributed by atoms with E-state index in [2.05, 4.69) is 15.2 Å². The van der Waals surface area contributed by atoms with Crippen molar-refractivity contribution in [1.82, 2.24) is 9.88 Å². The Morgan fingerprint density at radius 2 is 2.10 bits per heavy atom. The van der Waals surface area contributed by atoms with Crippen LogP contribution in [0.25, 0.3) is 0 Å². The maximum Gasteiger partial charge on any atom is 0.225 e. The highest BCUT2D eigenvalue weighted by Crippen LogP contribution is 2.17. The summed E-state index contributed by atoms with van der Waals surface area (Å²) < 4.78 is 0. The highest BCUT2D eigenvalue weighted by Gasteiger charge is 2.15. The van der Waals surface area contributed by atoms with E-state index in [4.69, 9.17) is 0 Å². The molecule has 1 aliphatic heterocycles. The van der Waals surface area contributed by atoms with Crippen LogP contribution in [-0.4, -0.2) is 48.4 Å². The second-order valence-corrected chi connectivity index (χ2v) is 4.83. The molecule has 0 spiro atoms. The fourth-order valence-electron chi connectivity index (χ4n) is 2.16. The minimum absolute atomic E-state index is 0.00709. The van der Waals surface area contributed by atoms with Gasteiger partial charge in [0.25, 0.3) is 0 Å². The summed E-state index contributed by atoms with van der Waals surface area (Å²) in [6.45, 7) is 5.05. The van der Waals surface area contributed by atoms with E-state index in [1.807, 2.05) is 19.1 Å². The molecule has 0 radical (unpaired) electrons. The summed E-state index contributed by atoms with van der Waals surface area (Å²) in [4.78, 5) is 30.3. The second kappa shape index (κ2) is 6.88. The highest BCUT2D eigenvalue weighted by molar-refractivity contribution is 5.89. The molecule has 1 aromatic rings. The quantitative estimate of drug-likeness (QED) is 0.818. The van der Waals surface area contributed by atoms with Gasteiger partial charge in [-0.3, -0.25) is 9.59 Å². The van der Waals surface area contributed by atoms with Gasteiger partial charge in [0.05, 0.1) is 11.9 Å². The van der Waals surface area contributed by atoms with Gasteiger partial charge >= 0.3 is 0 Å². The highest BCUT2D eigenvalue weighted by atomic mass is 16.1. The third-order valence-corrected chi connectivity index (χ3v) is 3.32. The van der Waals surface area contributed by atoms with E-state index < -0.39 is 0 Å². The van der Waals surface area contributed by atoms with Crippen LogP contribution in [0, 0.1) is 0 Å². The predicted octanol–water partition coefficient (Wildman–Crippen LogP) is 1.10. The van der Waals surface area contributed by atoms with Gasteiger partial charge in [0.15, 0.2) is 0 Å². The monoisotopic (exact) mass is 276 g/mol. The largest absolute Gasteiger partial charge is 0.367 e. The van der Waals surface area contributed by atoms with E-state index in [0.717, 1.165) is 44.7 Å². The van der Waals surface area contributed by atoms with Crippen molar-refractivity contribution in [2.24, 2.45) is 0 Å². The Labute approximate surface area is 118 Å². The Kier molecular flexibility index (Phi) is 4.92. The zero-order valence-corrected chi connectivity index (χ0v) is 11.7. The van der Waals surface area contributed by atoms with E-state index in [9.17, 15) is 9.59 Å². The van der Waals surface area contributed by atoms with Gasteiger partial charge < -0.3 is 15.1 Å². The van der Waals surface area contributed by atoms with Gasteiger partial charge in [-0.1, -0.05) is 6.92 Å². The first kappa shape index (κ1) is 14.3. The van der Waals surface area contributed by atoms with Crippen molar-refractivity contribution < 1.29 is 9.59 Å². The minimum Gasteiger partial charge on any atom is -0.367 e. The summed E-state index contributed by atoms with van der Waals surface area (Å²) in [6.07, 6.45) is 3.99. The molecule has 2 heterocycles. The van der Waals surface area contributed by atoms with E-state index in [0.29, 0.717) is 12.2 Å². The topological polar surface area (TPSA) is 65.5 Å². The molecule has 0 saturated carbocycles. The van der Waals surface area contributed by atoms with Crippen molar-refractivity contribution in [1.29, 1.82) is 0 Å². The van der Waals surface area contributed by atoms with Gasteiger partial charge in [0, 0.05) is 32.6 Å². The van der Waals surface area contributed by atoms with Crippen LogP contribution in [0.4, 0.5) is 11.5 Å². The van der Waals surface area contributed by atoms with E-state index >= 15 is 0 Å². The molecular formula is C14H20N4O2. The maximum atomic E-state index is 11.5. The summed E-state index contributed by atoms with van der Waals surface area (Å²) in [5.74, 6) is 0.575. The molecule has 6 nitrogen and oxygen atoms in total. The lowest BCUT2D eigenvalue weighted by Gasteiger charge is -2.33. The third kappa shape index (κ3) is 3.69. The Balaban J connectivity index is 1.91. The minimum atomic E-state index is -0.00709. The Morgan fingerprint density at radius 3 is 2.65 bits per heavy atom. The molecule has 0 atom stereocenters. The number of aromatic nitrogens is 1. The zero-order valence-electron chi connectivity index (χ0n) is 11.7. The lowest BCUT2D eigenvalue weighted by atomic mass is 10.3. The van der Waals surface area contributed by atoms with Gasteiger partial charge in [0.1, 0.15) is 5.82 Å². The van der Waals surface area contributed by atoms with Gasteiger partial charge in [0.2, 0.25) is 12.3 Å². The fraction of sp³-hybridized carbons (Fsp3) is 0.500. The van der Waals surface area contributed by atoms with Crippen molar-refractivity contribution in [3.05, 3.63) is 18.3 Å². The molecule has 1 N–H and O–H groups in total. The first-order valence-corrected chi connectivity index (χ1v) is 6.93. The molecule has 6 heteroatoms. The number of nitrogens with zero attached hydrogens (tertiary/aromatic N) is 3. The zero-order chi connectivity index (χ0) is 14.4. The molecular weight excluding hydrogens is 256 g/mol. The van der Waals surface area contributed by atoms with Crippen LogP contribution in [0.15, 0.2) is 18.3 Å². The van der Waals surface area contributed by atoms with Gasteiger partial charge in [-0.25, -0.2) is 4.98 Å². The number of pyridine rings is 1. The van der Waals surface area contributed by atoms with Crippen LogP contribution in [0.2, 0.25) is 0 Å². The number of hydrogen-bond acceptors (Lipinski definition) is 4. The van der Waals surface area contributed by atoms with E-state index in [-0.39, 0.29) is 5.91 Å². The fourth-order valence-corrected chi connectivity index (χ4v) is 2.16. The molecule has 0 unspecified atom stereocenters. The number of piperazine rings is 1. The molecule has 1 saturated heterocycles. The maximum absolute atomic E-state index is 11.5. The summed E-state index contributed by atoms with van der Waals surface area (Å²) in [7, 11) is 0. The Morgan fingerprint density at radius 1 is 1.35 bits per heavy atom. The van der Waals surface area contributed by atoms with Crippen molar-refractivity contribution in [3.63, 3.8) is 0 Å². The average Bonchev–Trinajstić information content (AvgIpc) is 2.48. The smallest absolute Gasteiger partial charge is 0.225 e. The third-order valence-electron chi connectivity index (χ3n) is 3.32. The molecule has 20 heavy (non-hydrogen) atoms. The van der Waals surface area contributed by atoms with Crippen LogP contribution in [0.1, 0.15) is 19.8 Å². The van der Waals surface area contributed by atoms with Crippen LogP contribution in [0.3, 0.4) is 0 Å². The summed E-state index contributed by atoms with van der Waals surface area (Å²) in [5.41, 5.74) is 1.02. The number of rotatable bonds is 5. The molecule has 2 amide bonds. The average molecular weight is 276 g/mol. The van der Waals surface area contributed by atoms with Crippen LogP contribution < -0.4 is 10.2 Å².